The lowest BCUT2D eigenvalue weighted by Gasteiger charge is -2.13. The first-order valence-corrected chi connectivity index (χ1v) is 7.86. The molecule has 3 aromatic rings. The van der Waals surface area contributed by atoms with Gasteiger partial charge in [-0.05, 0) is 32.9 Å². The Bertz CT molecular complexity index is 1020. The summed E-state index contributed by atoms with van der Waals surface area (Å²) < 4.78 is 4.47. The summed E-state index contributed by atoms with van der Waals surface area (Å²) in [5.74, 6) is 0. The molecular formula is C18H20N4O2. The van der Waals surface area contributed by atoms with Crippen LogP contribution in [-0.2, 0) is 6.54 Å². The van der Waals surface area contributed by atoms with Crippen LogP contribution in [0.15, 0.2) is 52.8 Å². The van der Waals surface area contributed by atoms with E-state index in [1.165, 1.54) is 9.13 Å². The number of aryl methyl sites for hydroxylation is 1. The van der Waals surface area contributed by atoms with Crippen LogP contribution < -0.4 is 11.2 Å². The fourth-order valence-corrected chi connectivity index (χ4v) is 2.76. The van der Waals surface area contributed by atoms with Gasteiger partial charge in [-0.2, -0.15) is 0 Å². The van der Waals surface area contributed by atoms with E-state index in [-0.39, 0.29) is 18.1 Å². The zero-order chi connectivity index (χ0) is 17.4. The monoisotopic (exact) mass is 324 g/mol. The van der Waals surface area contributed by atoms with Crippen LogP contribution >= 0.6 is 0 Å². The molecule has 0 radical (unpaired) electrons. The van der Waals surface area contributed by atoms with Crippen molar-refractivity contribution in [2.75, 3.05) is 0 Å². The second-order valence-electron chi connectivity index (χ2n) is 6.08. The van der Waals surface area contributed by atoms with Gasteiger partial charge in [0.2, 0.25) is 0 Å². The van der Waals surface area contributed by atoms with Gasteiger partial charge in [-0.25, -0.2) is 14.3 Å². The molecule has 3 rings (SSSR count). The summed E-state index contributed by atoms with van der Waals surface area (Å²) in [5, 5.41) is 0. The quantitative estimate of drug-likeness (QED) is 0.693. The highest BCUT2D eigenvalue weighted by Gasteiger charge is 2.19. The second-order valence-corrected chi connectivity index (χ2v) is 6.08. The SMILES string of the molecule is C=CCn1c(=O)c2c(ncn2C(C)C)n(-c2ccc(C)cc2)c1=O. The van der Waals surface area contributed by atoms with Crippen LogP contribution in [0.5, 0.6) is 0 Å². The molecule has 6 nitrogen and oxygen atoms in total. The van der Waals surface area contributed by atoms with E-state index >= 15 is 0 Å². The van der Waals surface area contributed by atoms with Crippen LogP contribution in [0.25, 0.3) is 16.9 Å². The first kappa shape index (κ1) is 16.0. The van der Waals surface area contributed by atoms with Crippen molar-refractivity contribution in [2.24, 2.45) is 0 Å². The summed E-state index contributed by atoms with van der Waals surface area (Å²) in [7, 11) is 0. The molecule has 0 unspecified atom stereocenters. The standard InChI is InChI=1S/C18H20N4O2/c1-5-10-20-17(23)15-16(19-11-21(15)12(2)3)22(18(20)24)14-8-6-13(4)7-9-14/h5-9,11-12H,1,10H2,2-4H3. The summed E-state index contributed by atoms with van der Waals surface area (Å²) in [5.41, 5.74) is 1.82. The van der Waals surface area contributed by atoms with Gasteiger partial charge < -0.3 is 4.57 Å². The average molecular weight is 324 g/mol. The average Bonchev–Trinajstić information content (AvgIpc) is 2.98. The Morgan fingerprint density at radius 2 is 1.88 bits per heavy atom. The highest BCUT2D eigenvalue weighted by molar-refractivity contribution is 5.72. The molecule has 2 heterocycles. The molecular weight excluding hydrogens is 304 g/mol. The van der Waals surface area contributed by atoms with Crippen molar-refractivity contribution in [2.45, 2.75) is 33.4 Å². The molecule has 2 aromatic heterocycles. The molecule has 1 aromatic carbocycles. The Morgan fingerprint density at radius 1 is 1.21 bits per heavy atom. The number of aromatic nitrogens is 4. The lowest BCUT2D eigenvalue weighted by Crippen LogP contribution is -2.39. The van der Waals surface area contributed by atoms with Crippen molar-refractivity contribution in [3.63, 3.8) is 0 Å². The smallest absolute Gasteiger partial charge is 0.322 e. The molecule has 124 valence electrons. The normalized spacial score (nSPS) is 11.3. The van der Waals surface area contributed by atoms with Gasteiger partial charge in [0.05, 0.1) is 12.0 Å². The topological polar surface area (TPSA) is 61.8 Å². The summed E-state index contributed by atoms with van der Waals surface area (Å²) in [6.45, 7) is 9.73. The highest BCUT2D eigenvalue weighted by atomic mass is 16.2. The van der Waals surface area contributed by atoms with Crippen LogP contribution in [0.3, 0.4) is 0 Å². The number of allylic oxidation sites excluding steroid dienone is 1. The van der Waals surface area contributed by atoms with Crippen molar-refractivity contribution in [3.8, 4) is 5.69 Å². The fourth-order valence-electron chi connectivity index (χ4n) is 2.76. The minimum atomic E-state index is -0.412. The van der Waals surface area contributed by atoms with Crippen LogP contribution in [0.4, 0.5) is 0 Å². The predicted molar refractivity (Wildman–Crippen MR) is 94.9 cm³/mol. The van der Waals surface area contributed by atoms with Gasteiger partial charge in [-0.3, -0.25) is 9.36 Å². The molecule has 0 fully saturated rings. The molecule has 0 amide bonds. The summed E-state index contributed by atoms with van der Waals surface area (Å²) in [4.78, 5) is 30.0. The molecule has 0 saturated carbocycles. The van der Waals surface area contributed by atoms with Gasteiger partial charge >= 0.3 is 5.69 Å². The van der Waals surface area contributed by atoms with Crippen molar-refractivity contribution < 1.29 is 0 Å². The molecule has 0 aliphatic rings. The van der Waals surface area contributed by atoms with Crippen molar-refractivity contribution in [1.82, 2.24) is 18.7 Å². The Hall–Kier alpha value is -2.89. The van der Waals surface area contributed by atoms with Gasteiger partial charge in [0, 0.05) is 12.6 Å². The summed E-state index contributed by atoms with van der Waals surface area (Å²) in [6.07, 6.45) is 3.16. The zero-order valence-corrected chi connectivity index (χ0v) is 14.1. The summed E-state index contributed by atoms with van der Waals surface area (Å²) in [6, 6.07) is 7.62. The van der Waals surface area contributed by atoms with E-state index in [1.807, 2.05) is 45.0 Å². The van der Waals surface area contributed by atoms with E-state index in [4.69, 9.17) is 0 Å². The minimum Gasteiger partial charge on any atom is -0.322 e. The number of hydrogen-bond donors (Lipinski definition) is 0. The molecule has 0 saturated heterocycles. The van der Waals surface area contributed by atoms with Crippen LogP contribution in [0.1, 0.15) is 25.5 Å². The van der Waals surface area contributed by atoms with Crippen LogP contribution in [0, 0.1) is 6.92 Å². The maximum atomic E-state index is 12.9. The minimum absolute atomic E-state index is 0.0591. The Kier molecular flexibility index (Phi) is 3.97. The molecule has 0 spiro atoms. The maximum absolute atomic E-state index is 12.9. The van der Waals surface area contributed by atoms with E-state index in [2.05, 4.69) is 11.6 Å². The van der Waals surface area contributed by atoms with Crippen molar-refractivity contribution in [3.05, 3.63) is 69.6 Å². The highest BCUT2D eigenvalue weighted by Crippen LogP contribution is 2.16. The molecule has 0 bridgehead atoms. The Balaban J connectivity index is 2.48. The Morgan fingerprint density at radius 3 is 2.46 bits per heavy atom. The molecule has 0 N–H and O–H groups in total. The predicted octanol–water partition coefficient (Wildman–Crippen LogP) is 2.42. The largest absolute Gasteiger partial charge is 0.337 e. The van der Waals surface area contributed by atoms with Crippen molar-refractivity contribution >= 4 is 11.2 Å². The first-order valence-electron chi connectivity index (χ1n) is 7.86. The number of benzene rings is 1. The summed E-state index contributed by atoms with van der Waals surface area (Å²) >= 11 is 0. The van der Waals surface area contributed by atoms with E-state index < -0.39 is 5.69 Å². The van der Waals surface area contributed by atoms with Gasteiger partial charge in [-0.1, -0.05) is 23.8 Å². The number of nitrogens with zero attached hydrogens (tertiary/aromatic N) is 4. The van der Waals surface area contributed by atoms with Gasteiger partial charge in [-0.15, -0.1) is 6.58 Å². The third-order valence-corrected chi connectivity index (χ3v) is 4.02. The molecule has 6 heteroatoms. The second kappa shape index (κ2) is 5.96. The number of imidazole rings is 1. The van der Waals surface area contributed by atoms with E-state index in [0.717, 1.165) is 5.56 Å². The van der Waals surface area contributed by atoms with E-state index in [1.54, 1.807) is 17.0 Å². The lowest BCUT2D eigenvalue weighted by molar-refractivity contribution is 0.609. The zero-order valence-electron chi connectivity index (χ0n) is 14.1. The molecule has 0 aliphatic carbocycles. The fraction of sp³-hybridized carbons (Fsp3) is 0.278. The van der Waals surface area contributed by atoms with Crippen molar-refractivity contribution in [1.29, 1.82) is 0 Å². The number of hydrogen-bond acceptors (Lipinski definition) is 3. The van der Waals surface area contributed by atoms with Gasteiger partial charge in [0.25, 0.3) is 5.56 Å². The third kappa shape index (κ3) is 2.40. The Labute approximate surface area is 139 Å². The van der Waals surface area contributed by atoms with E-state index in [0.29, 0.717) is 16.9 Å². The van der Waals surface area contributed by atoms with Crippen LogP contribution in [0.2, 0.25) is 0 Å². The number of rotatable bonds is 4. The number of fused-ring (bicyclic) bond motifs is 1. The third-order valence-electron chi connectivity index (χ3n) is 4.02. The lowest BCUT2D eigenvalue weighted by atomic mass is 10.2. The molecule has 0 atom stereocenters. The van der Waals surface area contributed by atoms with Gasteiger partial charge in [0.15, 0.2) is 11.2 Å². The molecule has 24 heavy (non-hydrogen) atoms. The van der Waals surface area contributed by atoms with E-state index in [9.17, 15) is 9.59 Å². The molecule has 0 aliphatic heterocycles. The first-order chi connectivity index (χ1) is 11.5. The van der Waals surface area contributed by atoms with Gasteiger partial charge in [0.1, 0.15) is 0 Å². The maximum Gasteiger partial charge on any atom is 0.337 e. The van der Waals surface area contributed by atoms with Crippen LogP contribution in [-0.4, -0.2) is 18.7 Å².